The fraction of sp³-hybridized carbons (Fsp3) is 0.857. The van der Waals surface area contributed by atoms with Gasteiger partial charge in [0.25, 0.3) is 0 Å². The molecule has 4 nitrogen and oxygen atoms in total. The highest BCUT2D eigenvalue weighted by Crippen LogP contribution is 2.56. The standard InChI is InChI=1S/C21H34O4/c1-14(2)17-13-19(25-20-9-5-6-11-23-20)18-12-16(24-15(3)22)8-7-10-21(17,18)4/h12,14,16-17,19-20H,5-11,13H2,1-4H3/t16-,17-,19+,20?,21-/m1/s1. The van der Waals surface area contributed by atoms with E-state index in [1.165, 1.54) is 18.9 Å². The minimum Gasteiger partial charge on any atom is -0.458 e. The number of carbonyl (C=O) groups excluding carboxylic acids is 1. The molecule has 0 N–H and O–H groups in total. The summed E-state index contributed by atoms with van der Waals surface area (Å²) in [7, 11) is 0. The van der Waals surface area contributed by atoms with Crippen LogP contribution in [0.3, 0.4) is 0 Å². The molecule has 25 heavy (non-hydrogen) atoms. The van der Waals surface area contributed by atoms with Gasteiger partial charge in [0.15, 0.2) is 6.29 Å². The van der Waals surface area contributed by atoms with Crippen molar-refractivity contribution >= 4 is 5.97 Å². The number of esters is 1. The van der Waals surface area contributed by atoms with Crippen LogP contribution in [0.4, 0.5) is 0 Å². The highest BCUT2D eigenvalue weighted by atomic mass is 16.7. The smallest absolute Gasteiger partial charge is 0.303 e. The average Bonchev–Trinajstić information content (AvgIpc) is 2.71. The van der Waals surface area contributed by atoms with Gasteiger partial charge in [-0.1, -0.05) is 20.8 Å². The van der Waals surface area contributed by atoms with E-state index >= 15 is 0 Å². The Morgan fingerprint density at radius 3 is 2.72 bits per heavy atom. The molecule has 3 aliphatic rings. The van der Waals surface area contributed by atoms with Crippen LogP contribution in [0.1, 0.15) is 72.6 Å². The lowest BCUT2D eigenvalue weighted by atomic mass is 9.70. The molecular weight excluding hydrogens is 316 g/mol. The largest absolute Gasteiger partial charge is 0.458 e. The monoisotopic (exact) mass is 350 g/mol. The summed E-state index contributed by atoms with van der Waals surface area (Å²) in [6.45, 7) is 9.34. The molecule has 1 saturated carbocycles. The van der Waals surface area contributed by atoms with Gasteiger partial charge in [-0.05, 0) is 73.8 Å². The summed E-state index contributed by atoms with van der Waals surface area (Å²) in [5.41, 5.74) is 1.49. The Balaban J connectivity index is 1.85. The predicted molar refractivity (Wildman–Crippen MR) is 97.0 cm³/mol. The molecule has 1 unspecified atom stereocenters. The SMILES string of the molecule is CC(=O)O[C@H]1C=C2[C@@H](OC3CCCCO3)C[C@H](C(C)C)[C@@]2(C)CCC1. The number of hydrogen-bond donors (Lipinski definition) is 0. The van der Waals surface area contributed by atoms with Crippen molar-refractivity contribution in [2.45, 2.75) is 91.1 Å². The first-order chi connectivity index (χ1) is 11.9. The highest BCUT2D eigenvalue weighted by Gasteiger charge is 2.50. The second kappa shape index (κ2) is 7.79. The number of ether oxygens (including phenoxy) is 3. The molecule has 1 aliphatic heterocycles. The van der Waals surface area contributed by atoms with Crippen LogP contribution in [0.25, 0.3) is 0 Å². The summed E-state index contributed by atoms with van der Waals surface area (Å²) in [4.78, 5) is 11.5. The molecule has 3 rings (SSSR count). The van der Waals surface area contributed by atoms with Crippen LogP contribution in [0.15, 0.2) is 11.6 Å². The number of carbonyl (C=O) groups is 1. The van der Waals surface area contributed by atoms with Crippen molar-refractivity contribution in [3.05, 3.63) is 11.6 Å². The molecule has 4 heteroatoms. The first-order valence-corrected chi connectivity index (χ1v) is 10.1. The summed E-state index contributed by atoms with van der Waals surface area (Å²) in [5, 5.41) is 0. The summed E-state index contributed by atoms with van der Waals surface area (Å²) in [6.07, 6.45) is 9.61. The summed E-state index contributed by atoms with van der Waals surface area (Å²) in [5.74, 6) is 1.01. The maximum Gasteiger partial charge on any atom is 0.303 e. The Morgan fingerprint density at radius 2 is 2.08 bits per heavy atom. The lowest BCUT2D eigenvalue weighted by molar-refractivity contribution is -0.180. The third kappa shape index (κ3) is 4.11. The van der Waals surface area contributed by atoms with E-state index in [1.54, 1.807) is 0 Å². The molecular formula is C21H34O4. The minimum atomic E-state index is -0.197. The van der Waals surface area contributed by atoms with E-state index in [4.69, 9.17) is 14.2 Å². The molecule has 0 spiro atoms. The first kappa shape index (κ1) is 18.9. The molecule has 2 fully saturated rings. The third-order valence-electron chi connectivity index (χ3n) is 6.42. The molecule has 0 bridgehead atoms. The lowest BCUT2D eigenvalue weighted by Crippen LogP contribution is -2.30. The molecule has 0 radical (unpaired) electrons. The van der Waals surface area contributed by atoms with Gasteiger partial charge in [-0.2, -0.15) is 0 Å². The fourth-order valence-corrected chi connectivity index (χ4v) is 5.23. The fourth-order valence-electron chi connectivity index (χ4n) is 5.23. The lowest BCUT2D eigenvalue weighted by Gasteiger charge is -2.35. The summed E-state index contributed by atoms with van der Waals surface area (Å²) < 4.78 is 17.8. The summed E-state index contributed by atoms with van der Waals surface area (Å²) >= 11 is 0. The van der Waals surface area contributed by atoms with Crippen molar-refractivity contribution in [1.82, 2.24) is 0 Å². The molecule has 0 aromatic carbocycles. The molecule has 142 valence electrons. The van der Waals surface area contributed by atoms with Crippen LogP contribution in [0.5, 0.6) is 0 Å². The number of fused-ring (bicyclic) bond motifs is 1. The van der Waals surface area contributed by atoms with Gasteiger partial charge < -0.3 is 14.2 Å². The van der Waals surface area contributed by atoms with Gasteiger partial charge in [0.1, 0.15) is 6.10 Å². The van der Waals surface area contributed by atoms with Gasteiger partial charge >= 0.3 is 5.97 Å². The van der Waals surface area contributed by atoms with E-state index in [1.807, 2.05) is 0 Å². The number of rotatable bonds is 4. The van der Waals surface area contributed by atoms with Gasteiger partial charge in [-0.3, -0.25) is 4.79 Å². The summed E-state index contributed by atoms with van der Waals surface area (Å²) in [6, 6.07) is 0. The zero-order valence-corrected chi connectivity index (χ0v) is 16.3. The van der Waals surface area contributed by atoms with Crippen molar-refractivity contribution in [1.29, 1.82) is 0 Å². The van der Waals surface area contributed by atoms with Gasteiger partial charge in [-0.25, -0.2) is 0 Å². The predicted octanol–water partition coefficient (Wildman–Crippen LogP) is 4.62. The zero-order valence-electron chi connectivity index (χ0n) is 16.3. The number of hydrogen-bond acceptors (Lipinski definition) is 4. The second-order valence-corrected chi connectivity index (χ2v) is 8.59. The Bertz CT molecular complexity index is 506. The third-order valence-corrected chi connectivity index (χ3v) is 6.42. The van der Waals surface area contributed by atoms with Crippen molar-refractivity contribution in [3.8, 4) is 0 Å². The van der Waals surface area contributed by atoms with Crippen LogP contribution < -0.4 is 0 Å². The molecule has 0 aromatic rings. The van der Waals surface area contributed by atoms with Crippen LogP contribution in [-0.2, 0) is 19.0 Å². The molecule has 1 heterocycles. The van der Waals surface area contributed by atoms with Crippen molar-refractivity contribution in [3.63, 3.8) is 0 Å². The van der Waals surface area contributed by atoms with E-state index in [-0.39, 0.29) is 29.9 Å². The van der Waals surface area contributed by atoms with Gasteiger partial charge in [0.2, 0.25) is 0 Å². The molecule has 5 atom stereocenters. The van der Waals surface area contributed by atoms with Crippen molar-refractivity contribution in [2.75, 3.05) is 6.61 Å². The van der Waals surface area contributed by atoms with Gasteiger partial charge in [-0.15, -0.1) is 0 Å². The van der Waals surface area contributed by atoms with E-state index in [0.29, 0.717) is 11.8 Å². The van der Waals surface area contributed by atoms with Crippen LogP contribution in [-0.4, -0.2) is 31.1 Å². The Kier molecular flexibility index (Phi) is 5.89. The second-order valence-electron chi connectivity index (χ2n) is 8.59. The van der Waals surface area contributed by atoms with Crippen molar-refractivity contribution < 1.29 is 19.0 Å². The molecule has 0 aromatic heterocycles. The first-order valence-electron chi connectivity index (χ1n) is 10.1. The van der Waals surface area contributed by atoms with Gasteiger partial charge in [0.05, 0.1) is 6.10 Å². The molecule has 2 aliphatic carbocycles. The maximum absolute atomic E-state index is 11.5. The normalized spacial score (nSPS) is 38.8. The van der Waals surface area contributed by atoms with Gasteiger partial charge in [0, 0.05) is 13.5 Å². The van der Waals surface area contributed by atoms with Crippen molar-refractivity contribution in [2.24, 2.45) is 17.3 Å². The minimum absolute atomic E-state index is 0.0785. The van der Waals surface area contributed by atoms with E-state index in [0.717, 1.165) is 45.1 Å². The maximum atomic E-state index is 11.5. The van der Waals surface area contributed by atoms with E-state index in [9.17, 15) is 4.79 Å². The quantitative estimate of drug-likeness (QED) is 0.548. The van der Waals surface area contributed by atoms with Crippen LogP contribution in [0.2, 0.25) is 0 Å². The highest BCUT2D eigenvalue weighted by molar-refractivity contribution is 5.66. The van der Waals surface area contributed by atoms with E-state index < -0.39 is 0 Å². The zero-order chi connectivity index (χ0) is 18.0. The van der Waals surface area contributed by atoms with Crippen LogP contribution in [0, 0.1) is 17.3 Å². The van der Waals surface area contributed by atoms with E-state index in [2.05, 4.69) is 26.8 Å². The topological polar surface area (TPSA) is 44.8 Å². The molecule has 1 saturated heterocycles. The van der Waals surface area contributed by atoms with Crippen LogP contribution >= 0.6 is 0 Å². The Morgan fingerprint density at radius 1 is 1.28 bits per heavy atom. The Labute approximate surface area is 152 Å². The molecule has 0 amide bonds. The average molecular weight is 350 g/mol. The Hall–Kier alpha value is -0.870.